The number of benzene rings is 1. The maximum atomic E-state index is 14.0. The van der Waals surface area contributed by atoms with Crippen LogP contribution in [0, 0.1) is 11.8 Å². The van der Waals surface area contributed by atoms with Crippen LogP contribution >= 0.6 is 12.2 Å². The molecule has 3 amide bonds. The van der Waals surface area contributed by atoms with Gasteiger partial charge in [0.25, 0.3) is 5.91 Å². The van der Waals surface area contributed by atoms with E-state index >= 15 is 0 Å². The fourth-order valence-corrected chi connectivity index (χ4v) is 5.52. The fraction of sp³-hybridized carbons (Fsp3) is 0.353. The van der Waals surface area contributed by atoms with Gasteiger partial charge in [0, 0.05) is 5.56 Å². The van der Waals surface area contributed by atoms with E-state index in [1.54, 1.807) is 44.2 Å². The SMILES string of the molecule is CC[C@H](C)[C@@H]1NC(=O)c2nc(oc2-c2ccccc2)[C@H](CO)NC(=S)c2coc(n2)-c2coc(n2)-c2coc(n2)CNC(=O)[C@@H](C(C)C)NC1=O. The number of carbonyl (C=O) groups excluding carboxylic acids is 3. The molecule has 0 aliphatic carbocycles. The van der Waals surface area contributed by atoms with E-state index in [0.717, 1.165) is 0 Å². The van der Waals surface area contributed by atoms with E-state index in [1.165, 1.54) is 18.8 Å². The number of nitrogens with zero attached hydrogens (tertiary/aromatic N) is 4. The number of aromatic nitrogens is 4. The highest BCUT2D eigenvalue weighted by Gasteiger charge is 2.34. The molecule has 0 saturated carbocycles. The Morgan fingerprint density at radius 1 is 0.843 bits per heavy atom. The topological polar surface area (TPSA) is 224 Å². The Balaban J connectivity index is 1.40. The van der Waals surface area contributed by atoms with Gasteiger partial charge in [-0.05, 0) is 11.8 Å². The largest absolute Gasteiger partial charge is 0.446 e. The normalized spacial score (nSPS) is 19.5. The molecule has 0 unspecified atom stereocenters. The molecule has 0 saturated heterocycles. The lowest BCUT2D eigenvalue weighted by Gasteiger charge is -2.27. The number of carbonyl (C=O) groups is 3. The highest BCUT2D eigenvalue weighted by molar-refractivity contribution is 7.80. The Morgan fingerprint density at radius 3 is 2.20 bits per heavy atom. The predicted molar refractivity (Wildman–Crippen MR) is 183 cm³/mol. The lowest BCUT2D eigenvalue weighted by Crippen LogP contribution is -2.57. The molecule has 1 aliphatic heterocycles. The van der Waals surface area contributed by atoms with Crippen molar-refractivity contribution in [2.24, 2.45) is 11.8 Å². The molecule has 0 fully saturated rings. The molecule has 51 heavy (non-hydrogen) atoms. The number of aliphatic hydroxyl groups excluding tert-OH is 1. The zero-order valence-electron chi connectivity index (χ0n) is 28.1. The van der Waals surface area contributed by atoms with Crippen LogP contribution in [0.1, 0.15) is 68.1 Å². The van der Waals surface area contributed by atoms with Crippen LogP contribution in [0.5, 0.6) is 0 Å². The van der Waals surface area contributed by atoms with Crippen molar-refractivity contribution in [2.45, 2.75) is 58.8 Å². The third-order valence-electron chi connectivity index (χ3n) is 8.35. The summed E-state index contributed by atoms with van der Waals surface area (Å²) in [5.74, 6) is -1.96. The van der Waals surface area contributed by atoms with Crippen molar-refractivity contribution in [3.8, 4) is 34.5 Å². The molecule has 8 bridgehead atoms. The van der Waals surface area contributed by atoms with Crippen molar-refractivity contribution in [3.63, 3.8) is 0 Å². The summed E-state index contributed by atoms with van der Waals surface area (Å²) in [6, 6.07) is 5.80. The molecule has 5 N–H and O–H groups in total. The molecule has 17 heteroatoms. The Morgan fingerprint density at radius 2 is 1.51 bits per heavy atom. The first-order valence-electron chi connectivity index (χ1n) is 16.3. The minimum absolute atomic E-state index is 0.0452. The quantitative estimate of drug-likeness (QED) is 0.164. The predicted octanol–water partition coefficient (Wildman–Crippen LogP) is 3.55. The molecule has 4 atom stereocenters. The van der Waals surface area contributed by atoms with Crippen LogP contribution in [0.15, 0.2) is 66.8 Å². The monoisotopic (exact) mass is 716 g/mol. The number of amides is 3. The van der Waals surface area contributed by atoms with Gasteiger partial charge in [-0.2, -0.15) is 0 Å². The number of aliphatic hydroxyl groups is 1. The van der Waals surface area contributed by atoms with Gasteiger partial charge in [-0.25, -0.2) is 19.9 Å². The Labute approximate surface area is 296 Å². The second kappa shape index (κ2) is 15.1. The summed E-state index contributed by atoms with van der Waals surface area (Å²) in [7, 11) is 0. The Kier molecular flexibility index (Phi) is 10.4. The van der Waals surface area contributed by atoms with E-state index in [1.807, 2.05) is 13.8 Å². The molecular weight excluding hydrogens is 680 g/mol. The van der Waals surface area contributed by atoms with Gasteiger partial charge in [0.1, 0.15) is 47.6 Å². The van der Waals surface area contributed by atoms with E-state index in [0.29, 0.717) is 12.0 Å². The van der Waals surface area contributed by atoms with Gasteiger partial charge in [0.2, 0.25) is 35.4 Å². The summed E-state index contributed by atoms with van der Waals surface area (Å²) in [6.07, 6.45) is 4.48. The van der Waals surface area contributed by atoms with E-state index in [4.69, 9.17) is 29.9 Å². The van der Waals surface area contributed by atoms with Gasteiger partial charge in [0.15, 0.2) is 22.8 Å². The maximum Gasteiger partial charge on any atom is 0.274 e. The van der Waals surface area contributed by atoms with E-state index in [9.17, 15) is 19.5 Å². The number of fused-ring (bicyclic) bond motifs is 10. The highest BCUT2D eigenvalue weighted by atomic mass is 32.1. The molecule has 5 heterocycles. The van der Waals surface area contributed by atoms with Crippen LogP contribution in [0.2, 0.25) is 0 Å². The molecule has 16 nitrogen and oxygen atoms in total. The number of nitrogens with one attached hydrogen (secondary N) is 4. The van der Waals surface area contributed by atoms with Crippen molar-refractivity contribution in [1.82, 2.24) is 41.2 Å². The van der Waals surface area contributed by atoms with E-state index < -0.39 is 42.5 Å². The first-order valence-corrected chi connectivity index (χ1v) is 16.7. The summed E-state index contributed by atoms with van der Waals surface area (Å²) in [5.41, 5.74) is 1.13. The smallest absolute Gasteiger partial charge is 0.274 e. The molecule has 4 aromatic heterocycles. The van der Waals surface area contributed by atoms with Gasteiger partial charge in [-0.15, -0.1) is 0 Å². The van der Waals surface area contributed by atoms with Gasteiger partial charge >= 0.3 is 0 Å². The van der Waals surface area contributed by atoms with Crippen molar-refractivity contribution in [2.75, 3.05) is 6.61 Å². The zero-order chi connectivity index (χ0) is 36.2. The van der Waals surface area contributed by atoms with Crippen LogP contribution in [-0.4, -0.2) is 66.4 Å². The van der Waals surface area contributed by atoms with Crippen molar-refractivity contribution in [3.05, 3.63) is 72.3 Å². The average Bonchev–Trinajstić information content (AvgIpc) is 3.96. The lowest BCUT2D eigenvalue weighted by atomic mass is 9.96. The minimum atomic E-state index is -1.05. The van der Waals surface area contributed by atoms with Crippen molar-refractivity contribution in [1.29, 1.82) is 0 Å². The van der Waals surface area contributed by atoms with Crippen LogP contribution in [0.25, 0.3) is 34.5 Å². The minimum Gasteiger partial charge on any atom is -0.446 e. The second-order valence-corrected chi connectivity index (χ2v) is 12.7. The fourth-order valence-electron chi connectivity index (χ4n) is 5.28. The maximum absolute atomic E-state index is 14.0. The van der Waals surface area contributed by atoms with Gasteiger partial charge in [-0.3, -0.25) is 14.4 Å². The van der Waals surface area contributed by atoms with Gasteiger partial charge < -0.3 is 44.0 Å². The van der Waals surface area contributed by atoms with Crippen LogP contribution in [0.3, 0.4) is 0 Å². The first-order chi connectivity index (χ1) is 24.6. The van der Waals surface area contributed by atoms with Gasteiger partial charge in [0.05, 0.1) is 13.2 Å². The number of rotatable bonds is 5. The highest BCUT2D eigenvalue weighted by Crippen LogP contribution is 2.29. The molecular formula is C34H36N8O8S. The van der Waals surface area contributed by atoms with E-state index in [-0.39, 0.29) is 75.5 Å². The summed E-state index contributed by atoms with van der Waals surface area (Å²) >= 11 is 5.57. The molecule has 0 radical (unpaired) electrons. The number of hydrogen-bond acceptors (Lipinski definition) is 13. The molecule has 5 aromatic rings. The second-order valence-electron chi connectivity index (χ2n) is 12.3. The average molecular weight is 717 g/mol. The number of thiocarbonyl (C=S) groups is 1. The van der Waals surface area contributed by atoms with Gasteiger partial charge in [-0.1, -0.05) is 76.7 Å². The Bertz CT molecular complexity index is 2030. The Hall–Kier alpha value is -5.68. The van der Waals surface area contributed by atoms with Crippen LogP contribution < -0.4 is 21.3 Å². The summed E-state index contributed by atoms with van der Waals surface area (Å²) in [5, 5.41) is 21.7. The standard InChI is InChI=1S/C34H36N8O8S/c1-5-17(4)25-29(45)40-24(16(2)3)28(44)35-11-23-36-20(13-47-23)31-37-21(14-48-31)32-38-22(15-49-32)34(51)39-19(12-43)33-42-26(30(46)41-25)27(50-33)18-9-7-6-8-10-18/h6-10,13-17,19,24-25,43H,5,11-12H2,1-4H3,(H,35,44)(H,39,51)(H,40,45)(H,41,46)/t17-,19-,24+,25-/m0/s1. The third kappa shape index (κ3) is 7.58. The lowest BCUT2D eigenvalue weighted by molar-refractivity contribution is -0.131. The number of hydrogen-bond donors (Lipinski definition) is 5. The third-order valence-corrected chi connectivity index (χ3v) is 8.68. The summed E-state index contributed by atoms with van der Waals surface area (Å²) in [6.45, 7) is 6.66. The molecule has 6 rings (SSSR count). The van der Waals surface area contributed by atoms with E-state index in [2.05, 4.69) is 41.2 Å². The molecule has 0 spiro atoms. The first kappa shape index (κ1) is 35.2. The number of oxazole rings is 4. The zero-order valence-corrected chi connectivity index (χ0v) is 28.9. The summed E-state index contributed by atoms with van der Waals surface area (Å²) < 4.78 is 22.8. The van der Waals surface area contributed by atoms with Crippen molar-refractivity contribution >= 4 is 34.9 Å². The molecule has 1 aliphatic rings. The summed E-state index contributed by atoms with van der Waals surface area (Å²) in [4.78, 5) is 58.9. The van der Waals surface area contributed by atoms with Crippen molar-refractivity contribution < 1.29 is 37.2 Å². The van der Waals surface area contributed by atoms with Crippen LogP contribution in [0.4, 0.5) is 0 Å². The van der Waals surface area contributed by atoms with Crippen LogP contribution in [-0.2, 0) is 16.1 Å². The molecule has 266 valence electrons. The molecule has 1 aromatic carbocycles.